The monoisotopic (exact) mass is 973 g/mol. The van der Waals surface area contributed by atoms with E-state index in [1.54, 1.807) is 32.0 Å². The number of hydrogen-bond acceptors (Lipinski definition) is 12. The summed E-state index contributed by atoms with van der Waals surface area (Å²) in [5.74, 6) is 4.51. The maximum Gasteiger partial charge on any atom is 0.259 e. The van der Waals surface area contributed by atoms with Crippen molar-refractivity contribution in [1.82, 2.24) is 34.9 Å². The number of ether oxygens (including phenoxy) is 3. The van der Waals surface area contributed by atoms with E-state index in [9.17, 15) is 14.4 Å². The van der Waals surface area contributed by atoms with E-state index < -0.39 is 0 Å². The molecule has 6 aliphatic rings. The zero-order chi connectivity index (χ0) is 50.4. The van der Waals surface area contributed by atoms with Crippen molar-refractivity contribution in [2.24, 2.45) is 24.3 Å². The molecule has 4 aromatic rings. The van der Waals surface area contributed by atoms with E-state index in [2.05, 4.69) is 69.3 Å². The number of fused-ring (bicyclic) bond motifs is 2. The van der Waals surface area contributed by atoms with Crippen LogP contribution >= 0.6 is 0 Å². The van der Waals surface area contributed by atoms with Gasteiger partial charge in [0.15, 0.2) is 0 Å². The average Bonchev–Trinajstić information content (AvgIpc) is 3.69. The van der Waals surface area contributed by atoms with Crippen molar-refractivity contribution in [1.29, 1.82) is 0 Å². The molecule has 5 fully saturated rings. The second kappa shape index (κ2) is 23.0. The Kier molecular flexibility index (Phi) is 16.8. The molecule has 71 heavy (non-hydrogen) atoms. The molecule has 1 aliphatic carbocycles. The highest BCUT2D eigenvalue weighted by molar-refractivity contribution is 6.01. The van der Waals surface area contributed by atoms with E-state index in [1.807, 2.05) is 50.0 Å². The van der Waals surface area contributed by atoms with Gasteiger partial charge in [-0.25, -0.2) is 4.98 Å². The van der Waals surface area contributed by atoms with E-state index in [0.717, 1.165) is 113 Å². The molecule has 0 bridgehead atoms. The Morgan fingerprint density at radius 1 is 0.859 bits per heavy atom. The Morgan fingerprint density at radius 2 is 1.55 bits per heavy atom. The third-order valence-electron chi connectivity index (χ3n) is 16.2. The summed E-state index contributed by atoms with van der Waals surface area (Å²) in [6.45, 7) is 20.4. The molecular weight excluding hydrogens is 893 g/mol. The Balaban J connectivity index is 0.000000685. The fourth-order valence-electron chi connectivity index (χ4n) is 11.8. The summed E-state index contributed by atoms with van der Waals surface area (Å²) in [5.41, 5.74) is 6.25. The normalized spacial score (nSPS) is 20.9. The van der Waals surface area contributed by atoms with Gasteiger partial charge in [-0.3, -0.25) is 19.7 Å². The minimum absolute atomic E-state index is 0.0796. The van der Waals surface area contributed by atoms with Crippen LogP contribution in [0.3, 0.4) is 0 Å². The lowest BCUT2D eigenvalue weighted by atomic mass is 9.61. The van der Waals surface area contributed by atoms with E-state index in [-0.39, 0.29) is 29.5 Å². The van der Waals surface area contributed by atoms with Gasteiger partial charge in [0.1, 0.15) is 29.1 Å². The first kappa shape index (κ1) is 51.9. The van der Waals surface area contributed by atoms with E-state index in [1.165, 1.54) is 71.2 Å². The minimum Gasteiger partial charge on any atom is -0.496 e. The summed E-state index contributed by atoms with van der Waals surface area (Å²) in [6, 6.07) is 12.0. The highest BCUT2D eigenvalue weighted by atomic mass is 16.5. The number of imide groups is 1. The number of benzene rings is 2. The second-order valence-electron chi connectivity index (χ2n) is 21.1. The first-order valence-corrected chi connectivity index (χ1v) is 26.5. The van der Waals surface area contributed by atoms with Crippen LogP contribution in [0.25, 0.3) is 27.6 Å². The first-order valence-electron chi connectivity index (χ1n) is 26.5. The number of nitrogens with one attached hydrogen (secondary N) is 2. The fraction of sp³-hybridized carbons (Fsp3) is 0.579. The summed E-state index contributed by atoms with van der Waals surface area (Å²) >= 11 is 0. The number of aromatic nitrogens is 2. The third-order valence-corrected chi connectivity index (χ3v) is 16.2. The van der Waals surface area contributed by atoms with Crippen molar-refractivity contribution in [3.63, 3.8) is 0 Å². The highest BCUT2D eigenvalue weighted by Gasteiger charge is 2.47. The molecule has 4 saturated heterocycles. The molecule has 2 amide bonds. The fourth-order valence-corrected chi connectivity index (χ4v) is 11.8. The summed E-state index contributed by atoms with van der Waals surface area (Å²) < 4.78 is 20.1. The molecule has 1 atom stereocenters. The maximum absolute atomic E-state index is 13.1. The Bertz CT molecular complexity index is 2560. The number of carbonyl (C=O) groups is 2. The van der Waals surface area contributed by atoms with Crippen LogP contribution in [0, 0.1) is 17.3 Å². The van der Waals surface area contributed by atoms with E-state index in [4.69, 9.17) is 14.2 Å². The number of methoxy groups -OCH3 is 2. The molecule has 2 aromatic carbocycles. The van der Waals surface area contributed by atoms with Gasteiger partial charge in [-0.15, -0.1) is 0 Å². The largest absolute Gasteiger partial charge is 0.496 e. The van der Waals surface area contributed by atoms with Gasteiger partial charge in [0.05, 0.1) is 25.7 Å². The number of likely N-dealkylation sites (tertiary alicyclic amines) is 2. The summed E-state index contributed by atoms with van der Waals surface area (Å²) in [7, 11) is 9.10. The van der Waals surface area contributed by atoms with Crippen molar-refractivity contribution >= 4 is 34.1 Å². The van der Waals surface area contributed by atoms with E-state index in [0.29, 0.717) is 30.2 Å². The maximum atomic E-state index is 13.1. The zero-order valence-corrected chi connectivity index (χ0v) is 43.9. The summed E-state index contributed by atoms with van der Waals surface area (Å²) in [6.07, 6.45) is 15.4. The van der Waals surface area contributed by atoms with Gasteiger partial charge in [-0.1, -0.05) is 33.4 Å². The van der Waals surface area contributed by atoms with Crippen molar-refractivity contribution in [3.05, 3.63) is 82.4 Å². The van der Waals surface area contributed by atoms with Crippen LogP contribution in [-0.2, 0) is 29.6 Å². The standard InChI is InChI=1S/C49H61N7O6.C6H13N.C2H6/c1-31-38-23-35(8-7-33(38)29-56(31)42-9-10-46(57)51-47(42)58)62-36-25-49(26-36)14-19-55(20-15-49)28-32-11-16-54(17-12-32)18-13-37-43(60-5)21-34(22-44(37)61-6)41-30-53(4)48(59)40-27-50-45(52(2)3)24-39(40)41;1-6-2-4-7-5-3-6;1-2/h7-8,21-24,27,30,32,36,42H,1,9-20,25-26,28-29H2,2-6H3,(H,51,57,58);6-7H,2-5H2,1H3;1-2H3. The van der Waals surface area contributed by atoms with Gasteiger partial charge in [0, 0.05) is 87.4 Å². The van der Waals surface area contributed by atoms with E-state index >= 15 is 0 Å². The van der Waals surface area contributed by atoms with Crippen LogP contribution in [0.2, 0.25) is 0 Å². The molecule has 0 radical (unpaired) electrons. The minimum atomic E-state index is -0.362. The van der Waals surface area contributed by atoms with Gasteiger partial charge in [0.2, 0.25) is 11.8 Å². The number of pyridine rings is 2. The average molecular weight is 973 g/mol. The van der Waals surface area contributed by atoms with Crippen molar-refractivity contribution in [2.45, 2.75) is 110 Å². The molecule has 14 heteroatoms. The zero-order valence-electron chi connectivity index (χ0n) is 43.9. The lowest BCUT2D eigenvalue weighted by Gasteiger charge is -2.52. The van der Waals surface area contributed by atoms with Crippen molar-refractivity contribution in [3.8, 4) is 28.4 Å². The number of rotatable bonds is 12. The molecule has 1 spiro atoms. The van der Waals surface area contributed by atoms with Crippen LogP contribution in [-0.4, -0.2) is 129 Å². The van der Waals surface area contributed by atoms with Crippen molar-refractivity contribution < 1.29 is 23.8 Å². The Hall–Kier alpha value is -5.44. The highest BCUT2D eigenvalue weighted by Crippen LogP contribution is 2.51. The molecule has 384 valence electrons. The molecule has 2 N–H and O–H groups in total. The predicted molar refractivity (Wildman–Crippen MR) is 284 cm³/mol. The second-order valence-corrected chi connectivity index (χ2v) is 21.1. The molecule has 1 unspecified atom stereocenters. The molecule has 1 saturated carbocycles. The Morgan fingerprint density at radius 3 is 2.17 bits per heavy atom. The molecular formula is C57H80N8O6. The molecule has 14 nitrogen and oxygen atoms in total. The predicted octanol–water partition coefficient (Wildman–Crippen LogP) is 7.89. The van der Waals surface area contributed by atoms with Gasteiger partial charge in [-0.2, -0.15) is 0 Å². The number of piperidine rings is 4. The number of anilines is 1. The summed E-state index contributed by atoms with van der Waals surface area (Å²) in [5, 5.41) is 7.22. The van der Waals surface area contributed by atoms with Crippen LogP contribution in [0.15, 0.2) is 60.2 Å². The van der Waals surface area contributed by atoms with Gasteiger partial charge >= 0.3 is 0 Å². The van der Waals surface area contributed by atoms with Crippen LogP contribution < -0.4 is 35.3 Å². The SMILES string of the molecule is C=C1c2cc(OC3CC4(CCN(CC5CCN(CCc6c(OC)cc(-c7cn(C)c(=O)c8cnc(N(C)C)cc78)cc6OC)CC5)CC4)C3)ccc2CN1C1CCC(=O)NC1=O.CC.CC1CCNCC1. The first-order chi connectivity index (χ1) is 34.3. The van der Waals surface area contributed by atoms with Crippen LogP contribution in [0.4, 0.5) is 5.82 Å². The van der Waals surface area contributed by atoms with Gasteiger partial charge < -0.3 is 43.7 Å². The number of carbonyl (C=O) groups excluding carboxylic acids is 2. The van der Waals surface area contributed by atoms with Crippen LogP contribution in [0.5, 0.6) is 17.2 Å². The topological polar surface area (TPSA) is 134 Å². The molecule has 7 heterocycles. The smallest absolute Gasteiger partial charge is 0.259 e. The number of amides is 2. The molecule has 10 rings (SSSR count). The van der Waals surface area contributed by atoms with Crippen molar-refractivity contribution in [2.75, 3.05) is 85.6 Å². The molecule has 5 aliphatic heterocycles. The number of hydrogen-bond donors (Lipinski definition) is 2. The Labute approximate surface area is 422 Å². The lowest BCUT2D eigenvalue weighted by Crippen LogP contribution is -2.51. The number of nitrogens with zero attached hydrogens (tertiary/aromatic N) is 6. The van der Waals surface area contributed by atoms with Gasteiger partial charge in [-0.05, 0) is 162 Å². The molecule has 2 aromatic heterocycles. The summed E-state index contributed by atoms with van der Waals surface area (Å²) in [4.78, 5) is 51.1. The quantitative estimate of drug-likeness (QED) is 0.134. The number of aryl methyl sites for hydroxylation is 1. The third kappa shape index (κ3) is 11.8. The van der Waals surface area contributed by atoms with Crippen LogP contribution in [0.1, 0.15) is 102 Å². The lowest BCUT2D eigenvalue weighted by molar-refractivity contribution is -0.136. The van der Waals surface area contributed by atoms with Gasteiger partial charge in [0.25, 0.3) is 5.56 Å².